The quantitative estimate of drug-likeness (QED) is 0.0819. The predicted octanol–water partition coefficient (Wildman–Crippen LogP) is 7.67. The molecule has 2 aromatic heterocycles. The van der Waals surface area contributed by atoms with Gasteiger partial charge in [-0.25, -0.2) is 17.5 Å². The summed E-state index contributed by atoms with van der Waals surface area (Å²) in [5, 5.41) is 16.6. The van der Waals surface area contributed by atoms with Crippen molar-refractivity contribution in [2.75, 3.05) is 87.4 Å². The number of hydrogen-bond acceptors (Lipinski definition) is 13. The van der Waals surface area contributed by atoms with Gasteiger partial charge >= 0.3 is 0 Å². The van der Waals surface area contributed by atoms with Gasteiger partial charge in [0.25, 0.3) is 21.6 Å². The summed E-state index contributed by atoms with van der Waals surface area (Å²) in [5.74, 6) is -1.93. The molecule has 346 valence electrons. The summed E-state index contributed by atoms with van der Waals surface area (Å²) in [7, 11) is -4.77. The number of fused-ring (bicyclic) bond motifs is 2. The van der Waals surface area contributed by atoms with E-state index in [1.165, 1.54) is 54.5 Å². The van der Waals surface area contributed by atoms with Gasteiger partial charge in [-0.3, -0.25) is 19.8 Å². The van der Waals surface area contributed by atoms with Gasteiger partial charge < -0.3 is 34.3 Å². The minimum Gasteiger partial charge on any atom is -0.474 e. The second-order valence-electron chi connectivity index (χ2n) is 17.8. The van der Waals surface area contributed by atoms with Gasteiger partial charge in [0.15, 0.2) is 0 Å². The van der Waals surface area contributed by atoms with Crippen molar-refractivity contribution in [1.29, 1.82) is 0 Å². The fourth-order valence-corrected chi connectivity index (χ4v) is 11.1. The first-order chi connectivity index (χ1) is 31.9. The number of H-pyrrole nitrogens is 1. The van der Waals surface area contributed by atoms with Crippen LogP contribution in [0.3, 0.4) is 0 Å². The number of carbonyl (C=O) groups is 1. The highest BCUT2D eigenvalue weighted by Gasteiger charge is 2.41. The van der Waals surface area contributed by atoms with Crippen molar-refractivity contribution in [1.82, 2.24) is 19.6 Å². The molecule has 16 nitrogen and oxygen atoms in total. The van der Waals surface area contributed by atoms with Crippen LogP contribution in [0.2, 0.25) is 5.02 Å². The maximum Gasteiger partial charge on any atom is 0.293 e. The molecule has 0 bridgehead atoms. The number of nitrogens with one attached hydrogen (secondary N) is 3. The average Bonchev–Trinajstić information content (AvgIpc) is 3.77. The van der Waals surface area contributed by atoms with E-state index in [0.29, 0.717) is 55.3 Å². The van der Waals surface area contributed by atoms with Crippen molar-refractivity contribution >= 4 is 72.6 Å². The van der Waals surface area contributed by atoms with E-state index in [1.54, 1.807) is 17.2 Å². The molecule has 19 heteroatoms. The average molecular weight is 941 g/mol. The van der Waals surface area contributed by atoms with Crippen molar-refractivity contribution < 1.29 is 36.7 Å². The smallest absolute Gasteiger partial charge is 0.293 e. The van der Waals surface area contributed by atoms with Gasteiger partial charge in [-0.05, 0) is 97.2 Å². The number of ether oxygens (including phenoxy) is 3. The Kier molecular flexibility index (Phi) is 12.1. The van der Waals surface area contributed by atoms with E-state index in [4.69, 9.17) is 25.8 Å². The number of carbonyl (C=O) groups excluding carboxylic acids is 1. The number of nitrogens with zero attached hydrogens (tertiary/aromatic N) is 5. The molecule has 1 unspecified atom stereocenters. The van der Waals surface area contributed by atoms with Gasteiger partial charge in [0.2, 0.25) is 5.88 Å². The van der Waals surface area contributed by atoms with E-state index in [-0.39, 0.29) is 43.1 Å². The maximum absolute atomic E-state index is 16.9. The number of benzene rings is 3. The van der Waals surface area contributed by atoms with Crippen molar-refractivity contribution in [3.05, 3.63) is 111 Å². The van der Waals surface area contributed by atoms with Crippen LogP contribution >= 0.6 is 11.6 Å². The minimum absolute atomic E-state index is 0.0518. The molecule has 3 N–H and O–H groups in total. The second-order valence-corrected chi connectivity index (χ2v) is 19.9. The van der Waals surface area contributed by atoms with Crippen molar-refractivity contribution in [3.63, 3.8) is 0 Å². The Morgan fingerprint density at radius 2 is 1.80 bits per heavy atom. The first kappa shape index (κ1) is 44.1. The number of aromatic nitrogens is 2. The third kappa shape index (κ3) is 8.91. The summed E-state index contributed by atoms with van der Waals surface area (Å²) in [4.78, 5) is 39.1. The molecule has 2 aliphatic carbocycles. The van der Waals surface area contributed by atoms with Crippen LogP contribution in [-0.4, -0.2) is 112 Å². The molecule has 2 saturated heterocycles. The predicted molar refractivity (Wildman–Crippen MR) is 249 cm³/mol. The van der Waals surface area contributed by atoms with Crippen LogP contribution in [0.15, 0.2) is 83.4 Å². The van der Waals surface area contributed by atoms with E-state index >= 15 is 4.39 Å². The number of nitro benzene ring substituents is 1. The fraction of sp³-hybridized carbons (Fsp3) is 0.404. The third-order valence-electron chi connectivity index (χ3n) is 13.7. The van der Waals surface area contributed by atoms with Gasteiger partial charge in [0.05, 0.1) is 53.5 Å². The van der Waals surface area contributed by atoms with E-state index in [2.05, 4.69) is 37.2 Å². The number of hydrogen-bond donors (Lipinski definition) is 3. The number of aromatic amines is 1. The summed E-state index contributed by atoms with van der Waals surface area (Å²) >= 11 is 6.29. The summed E-state index contributed by atoms with van der Waals surface area (Å²) < 4.78 is 63.6. The van der Waals surface area contributed by atoms with Crippen LogP contribution in [0, 0.1) is 21.3 Å². The highest BCUT2D eigenvalue weighted by atomic mass is 35.5. The number of amides is 1. The van der Waals surface area contributed by atoms with Crippen molar-refractivity contribution in [2.24, 2.45) is 5.41 Å². The van der Waals surface area contributed by atoms with Gasteiger partial charge in [-0.2, -0.15) is 4.98 Å². The molecule has 1 atom stereocenters. The number of sulfonamides is 1. The minimum atomic E-state index is -4.77. The SMILES string of the molecule is O=C(NS(=O)(=O)c1ccc(NCC2COCCO2)c([N+](=O)[O-])c1)c1c(F)cc(N2CCN(CC3=C(c4ccc(Cl)cc4)CC4(CCC4)CC3)CC2)cc1N1CCOc2nc3[nH]ccc3cc21. The standard InChI is InChI=1S/C47H50ClFN8O8S/c48-33-4-2-30(3-5-33)37-26-47(10-1-11-47)12-8-32(37)28-54-14-16-55(17-15-54)34-23-38(49)43(41(24-34)56-18-19-65-46-42(56)22-31-9-13-50-44(31)52-46)45(58)53-66(61,62)36-6-7-39(40(25-36)57(59)60)51-27-35-29-63-20-21-64-35/h2-7,9,13,22-25,35,51H,1,8,10-12,14-21,26-29H2,(H,50,52)(H,53,58). The lowest BCUT2D eigenvalue weighted by atomic mass is 9.59. The second kappa shape index (κ2) is 18.1. The molecule has 5 heterocycles. The molecule has 10 rings (SSSR count). The normalized spacial score (nSPS) is 19.9. The largest absolute Gasteiger partial charge is 0.474 e. The monoisotopic (exact) mass is 940 g/mol. The first-order valence-corrected chi connectivity index (χ1v) is 24.2. The third-order valence-corrected chi connectivity index (χ3v) is 15.3. The number of pyridine rings is 1. The lowest BCUT2D eigenvalue weighted by molar-refractivity contribution is -0.384. The molecule has 3 aromatic carbocycles. The molecule has 1 amide bonds. The van der Waals surface area contributed by atoms with E-state index in [1.807, 2.05) is 29.0 Å². The number of piperazine rings is 1. The van der Waals surface area contributed by atoms with Crippen LogP contribution in [0.5, 0.6) is 5.88 Å². The van der Waals surface area contributed by atoms with Crippen LogP contribution in [0.1, 0.15) is 54.4 Å². The molecular weight excluding hydrogens is 891 g/mol. The topological polar surface area (TPSA) is 185 Å². The van der Waals surface area contributed by atoms with Gasteiger partial charge in [0.1, 0.15) is 29.4 Å². The van der Waals surface area contributed by atoms with E-state index < -0.39 is 42.8 Å². The van der Waals surface area contributed by atoms with Gasteiger partial charge in [-0.1, -0.05) is 35.7 Å². The Hall–Kier alpha value is -5.79. The summed E-state index contributed by atoms with van der Waals surface area (Å²) in [5.41, 5.74) is 5.22. The van der Waals surface area contributed by atoms with Gasteiger partial charge in [-0.15, -0.1) is 0 Å². The Balaban J connectivity index is 0.924. The molecule has 5 aromatic rings. The molecule has 0 radical (unpaired) electrons. The molecule has 66 heavy (non-hydrogen) atoms. The van der Waals surface area contributed by atoms with Crippen LogP contribution in [0.4, 0.5) is 32.8 Å². The maximum atomic E-state index is 16.9. The zero-order valence-corrected chi connectivity index (χ0v) is 37.8. The number of nitro groups is 1. The number of rotatable bonds is 12. The van der Waals surface area contributed by atoms with Crippen LogP contribution in [0.25, 0.3) is 16.6 Å². The molecular formula is C47H50ClFN8O8S. The zero-order valence-electron chi connectivity index (χ0n) is 36.2. The molecule has 3 aliphatic heterocycles. The number of allylic oxidation sites excluding steroid dienone is 1. The molecule has 1 spiro atoms. The lowest BCUT2D eigenvalue weighted by Crippen LogP contribution is -2.47. The molecule has 3 fully saturated rings. The van der Waals surface area contributed by atoms with E-state index in [9.17, 15) is 23.3 Å². The van der Waals surface area contributed by atoms with Crippen molar-refractivity contribution in [2.45, 2.75) is 49.5 Å². The Morgan fingerprint density at radius 1 is 0.985 bits per heavy atom. The van der Waals surface area contributed by atoms with Crippen molar-refractivity contribution in [3.8, 4) is 5.88 Å². The number of halogens is 2. The van der Waals surface area contributed by atoms with Gasteiger partial charge in [0, 0.05) is 67.6 Å². The molecule has 5 aliphatic rings. The summed E-state index contributed by atoms with van der Waals surface area (Å²) in [6.07, 6.45) is 8.56. The van der Waals surface area contributed by atoms with Crippen LogP contribution in [-0.2, 0) is 19.5 Å². The summed E-state index contributed by atoms with van der Waals surface area (Å²) in [6.45, 7) is 5.10. The highest BCUT2D eigenvalue weighted by molar-refractivity contribution is 7.90. The number of anilines is 4. The van der Waals surface area contributed by atoms with E-state index in [0.717, 1.165) is 55.0 Å². The zero-order chi connectivity index (χ0) is 45.6. The highest BCUT2D eigenvalue weighted by Crippen LogP contribution is 2.55. The summed E-state index contributed by atoms with van der Waals surface area (Å²) in [6, 6.07) is 18.1. The fourth-order valence-electron chi connectivity index (χ4n) is 9.97. The Bertz CT molecular complexity index is 2820. The Morgan fingerprint density at radius 3 is 2.55 bits per heavy atom. The first-order valence-electron chi connectivity index (χ1n) is 22.4. The Labute approximate surface area is 386 Å². The van der Waals surface area contributed by atoms with Crippen LogP contribution < -0.4 is 24.6 Å². The molecule has 1 saturated carbocycles. The lowest BCUT2D eigenvalue weighted by Gasteiger charge is -2.47.